The quantitative estimate of drug-likeness (QED) is 0.527. The molecule has 1 saturated carbocycles. The van der Waals surface area contributed by atoms with Gasteiger partial charge in [-0.15, -0.1) is 0 Å². The van der Waals surface area contributed by atoms with E-state index < -0.39 is 0 Å². The Morgan fingerprint density at radius 3 is 2.75 bits per heavy atom. The minimum absolute atomic E-state index is 0.117. The number of rotatable bonds is 2. The predicted molar refractivity (Wildman–Crippen MR) is 64.1 cm³/mol. The molecule has 2 aliphatic carbocycles. The van der Waals surface area contributed by atoms with Gasteiger partial charge >= 0.3 is 5.97 Å². The molecule has 2 heteroatoms. The van der Waals surface area contributed by atoms with Crippen LogP contribution in [-0.2, 0) is 9.53 Å². The highest BCUT2D eigenvalue weighted by molar-refractivity contribution is 5.66. The van der Waals surface area contributed by atoms with E-state index in [0.29, 0.717) is 5.92 Å². The van der Waals surface area contributed by atoms with Crippen molar-refractivity contribution in [1.29, 1.82) is 0 Å². The molecule has 0 amide bonds. The highest BCUT2D eigenvalue weighted by atomic mass is 16.5. The summed E-state index contributed by atoms with van der Waals surface area (Å²) in [6.07, 6.45) is 12.4. The molecule has 90 valence electrons. The summed E-state index contributed by atoms with van der Waals surface area (Å²) < 4.78 is 5.48. The van der Waals surface area contributed by atoms with Crippen molar-refractivity contribution in [2.24, 2.45) is 5.92 Å². The van der Waals surface area contributed by atoms with Crippen LogP contribution < -0.4 is 0 Å². The zero-order chi connectivity index (χ0) is 11.4. The molecule has 0 spiro atoms. The van der Waals surface area contributed by atoms with Gasteiger partial charge in [-0.2, -0.15) is 0 Å². The first-order valence-corrected chi connectivity index (χ1v) is 6.63. The normalized spacial score (nSPS) is 30.7. The summed E-state index contributed by atoms with van der Waals surface area (Å²) in [5.41, 5.74) is 1.57. The molecule has 2 atom stereocenters. The highest BCUT2D eigenvalue weighted by Gasteiger charge is 2.30. The Kier molecular flexibility index (Phi) is 4.03. The molecular formula is C14H22O2. The monoisotopic (exact) mass is 222 g/mol. The lowest BCUT2D eigenvalue weighted by molar-refractivity contribution is -0.149. The molecule has 0 aromatic carbocycles. The maximum absolute atomic E-state index is 11.1. The van der Waals surface area contributed by atoms with Crippen molar-refractivity contribution < 1.29 is 9.53 Å². The minimum atomic E-state index is -0.117. The van der Waals surface area contributed by atoms with Gasteiger partial charge in [-0.1, -0.05) is 18.1 Å². The molecule has 0 radical (unpaired) electrons. The molecule has 1 fully saturated rings. The summed E-state index contributed by atoms with van der Waals surface area (Å²) in [4.78, 5) is 11.1. The lowest BCUT2D eigenvalue weighted by Crippen LogP contribution is -2.31. The van der Waals surface area contributed by atoms with E-state index in [0.717, 1.165) is 6.42 Å². The number of esters is 1. The van der Waals surface area contributed by atoms with Crippen molar-refractivity contribution in [2.75, 3.05) is 0 Å². The standard InChI is InChI=1S/C14H22O2/c1-11(15)16-14-10-6-5-9-13(14)12-7-3-2-4-8-12/h7,13-14H,2-6,8-10H2,1H3/t13-,14+/m0/s1. The van der Waals surface area contributed by atoms with E-state index in [4.69, 9.17) is 4.74 Å². The Labute approximate surface area is 98.1 Å². The molecular weight excluding hydrogens is 200 g/mol. The second-order valence-electron chi connectivity index (χ2n) is 5.06. The van der Waals surface area contributed by atoms with E-state index >= 15 is 0 Å². The molecule has 0 unspecified atom stereocenters. The van der Waals surface area contributed by atoms with Gasteiger partial charge in [-0.3, -0.25) is 4.79 Å². The topological polar surface area (TPSA) is 26.3 Å². The third kappa shape index (κ3) is 2.87. The van der Waals surface area contributed by atoms with E-state index in [2.05, 4.69) is 6.08 Å². The maximum Gasteiger partial charge on any atom is 0.302 e. The number of ether oxygens (including phenoxy) is 1. The summed E-state index contributed by atoms with van der Waals surface area (Å²) in [7, 11) is 0. The number of allylic oxidation sites excluding steroid dienone is 1. The zero-order valence-corrected chi connectivity index (χ0v) is 10.2. The number of hydrogen-bond acceptors (Lipinski definition) is 2. The molecule has 0 N–H and O–H groups in total. The third-order valence-corrected chi connectivity index (χ3v) is 3.82. The molecule has 16 heavy (non-hydrogen) atoms. The van der Waals surface area contributed by atoms with Gasteiger partial charge in [0.1, 0.15) is 6.10 Å². The van der Waals surface area contributed by atoms with Crippen molar-refractivity contribution in [2.45, 2.75) is 64.4 Å². The number of carbonyl (C=O) groups excluding carboxylic acids is 1. The van der Waals surface area contributed by atoms with Gasteiger partial charge in [0.25, 0.3) is 0 Å². The summed E-state index contributed by atoms with van der Waals surface area (Å²) in [6.45, 7) is 1.53. The lowest BCUT2D eigenvalue weighted by Gasteiger charge is -2.33. The summed E-state index contributed by atoms with van der Waals surface area (Å²) >= 11 is 0. The van der Waals surface area contributed by atoms with Crippen molar-refractivity contribution >= 4 is 5.97 Å². The van der Waals surface area contributed by atoms with E-state index in [1.165, 1.54) is 51.9 Å². The molecule has 0 aromatic rings. The average molecular weight is 222 g/mol. The Hall–Kier alpha value is -0.790. The van der Waals surface area contributed by atoms with E-state index in [1.54, 1.807) is 5.57 Å². The first-order chi connectivity index (χ1) is 7.77. The van der Waals surface area contributed by atoms with Crippen LogP contribution in [0.4, 0.5) is 0 Å². The average Bonchev–Trinajstić information content (AvgIpc) is 2.30. The van der Waals surface area contributed by atoms with Gasteiger partial charge in [0.15, 0.2) is 0 Å². The van der Waals surface area contributed by atoms with Gasteiger partial charge in [0.05, 0.1) is 0 Å². The first-order valence-electron chi connectivity index (χ1n) is 6.63. The fraction of sp³-hybridized carbons (Fsp3) is 0.786. The van der Waals surface area contributed by atoms with Gasteiger partial charge in [-0.25, -0.2) is 0 Å². The van der Waals surface area contributed by atoms with Crippen molar-refractivity contribution in [3.63, 3.8) is 0 Å². The molecule has 0 aromatic heterocycles. The Morgan fingerprint density at radius 1 is 1.25 bits per heavy atom. The Morgan fingerprint density at radius 2 is 2.06 bits per heavy atom. The van der Waals surface area contributed by atoms with Crippen molar-refractivity contribution in [1.82, 2.24) is 0 Å². The maximum atomic E-state index is 11.1. The van der Waals surface area contributed by atoms with E-state index in [1.807, 2.05) is 0 Å². The van der Waals surface area contributed by atoms with Gasteiger partial charge in [-0.05, 0) is 44.9 Å². The molecule has 0 aliphatic heterocycles. The highest BCUT2D eigenvalue weighted by Crippen LogP contribution is 2.36. The fourth-order valence-electron chi connectivity index (χ4n) is 3.07. The second-order valence-corrected chi connectivity index (χ2v) is 5.06. The smallest absolute Gasteiger partial charge is 0.302 e. The van der Waals surface area contributed by atoms with Crippen LogP contribution in [0.2, 0.25) is 0 Å². The molecule has 0 saturated heterocycles. The number of carbonyl (C=O) groups is 1. The third-order valence-electron chi connectivity index (χ3n) is 3.82. The van der Waals surface area contributed by atoms with E-state index in [9.17, 15) is 4.79 Å². The molecule has 0 heterocycles. The van der Waals surface area contributed by atoms with Crippen LogP contribution in [0.25, 0.3) is 0 Å². The second kappa shape index (κ2) is 5.51. The first kappa shape index (κ1) is 11.7. The minimum Gasteiger partial charge on any atom is -0.462 e. The van der Waals surface area contributed by atoms with Crippen LogP contribution in [-0.4, -0.2) is 12.1 Å². The van der Waals surface area contributed by atoms with E-state index in [-0.39, 0.29) is 12.1 Å². The van der Waals surface area contributed by atoms with Gasteiger partial charge < -0.3 is 4.74 Å². The fourth-order valence-corrected chi connectivity index (χ4v) is 3.07. The van der Waals surface area contributed by atoms with Crippen LogP contribution in [0.5, 0.6) is 0 Å². The van der Waals surface area contributed by atoms with Crippen molar-refractivity contribution in [3.8, 4) is 0 Å². The Bertz CT molecular complexity index is 280. The largest absolute Gasteiger partial charge is 0.462 e. The van der Waals surface area contributed by atoms with Crippen LogP contribution in [0, 0.1) is 5.92 Å². The van der Waals surface area contributed by atoms with Crippen molar-refractivity contribution in [3.05, 3.63) is 11.6 Å². The summed E-state index contributed by atoms with van der Waals surface area (Å²) in [6, 6.07) is 0. The molecule has 2 aliphatic rings. The molecule has 2 nitrogen and oxygen atoms in total. The molecule has 2 rings (SSSR count). The molecule has 0 bridgehead atoms. The SMILES string of the molecule is CC(=O)O[C@@H]1CCCC[C@H]1C1=CCCCC1. The summed E-state index contributed by atoms with van der Waals surface area (Å²) in [5, 5.41) is 0. The number of hydrogen-bond donors (Lipinski definition) is 0. The van der Waals surface area contributed by atoms with Crippen LogP contribution >= 0.6 is 0 Å². The summed E-state index contributed by atoms with van der Waals surface area (Å²) in [5.74, 6) is 0.409. The Balaban J connectivity index is 2.03. The predicted octanol–water partition coefficient (Wildman–Crippen LogP) is 3.61. The van der Waals surface area contributed by atoms with Crippen LogP contribution in [0.1, 0.15) is 58.3 Å². The van der Waals surface area contributed by atoms with Gasteiger partial charge in [0.2, 0.25) is 0 Å². The zero-order valence-electron chi connectivity index (χ0n) is 10.2. The lowest BCUT2D eigenvalue weighted by atomic mass is 9.78. The van der Waals surface area contributed by atoms with Crippen LogP contribution in [0.3, 0.4) is 0 Å². The van der Waals surface area contributed by atoms with Gasteiger partial charge in [0, 0.05) is 12.8 Å². The van der Waals surface area contributed by atoms with Crippen LogP contribution in [0.15, 0.2) is 11.6 Å².